The fraction of sp³-hybridized carbons (Fsp3) is 0.222. The summed E-state index contributed by atoms with van der Waals surface area (Å²) >= 11 is 4.88. The van der Waals surface area contributed by atoms with Crippen molar-refractivity contribution in [2.24, 2.45) is 0 Å². The van der Waals surface area contributed by atoms with Crippen molar-refractivity contribution in [3.05, 3.63) is 28.0 Å². The van der Waals surface area contributed by atoms with Crippen LogP contribution in [-0.2, 0) is 16.0 Å². The molecule has 1 aromatic heterocycles. The van der Waals surface area contributed by atoms with Crippen molar-refractivity contribution in [1.82, 2.24) is 4.98 Å². The molecule has 1 aromatic rings. The first kappa shape index (κ1) is 10.4. The fourth-order valence-corrected chi connectivity index (χ4v) is 1.25. The van der Waals surface area contributed by atoms with Gasteiger partial charge in [0.25, 0.3) is 0 Å². The summed E-state index contributed by atoms with van der Waals surface area (Å²) in [7, 11) is 1.31. The van der Waals surface area contributed by atoms with Crippen molar-refractivity contribution in [2.45, 2.75) is 6.42 Å². The highest BCUT2D eigenvalue weighted by molar-refractivity contribution is 7.71. The van der Waals surface area contributed by atoms with Crippen molar-refractivity contribution >= 4 is 18.2 Å². The summed E-state index contributed by atoms with van der Waals surface area (Å²) in [5.74, 6) is -0.370. The minimum Gasteiger partial charge on any atom is -0.469 e. The Bertz CT molecular complexity index is 445. The molecule has 0 unspecified atom stereocenters. The number of methoxy groups -OCH3 is 1. The van der Waals surface area contributed by atoms with E-state index >= 15 is 0 Å². The monoisotopic (exact) mass is 208 g/mol. The van der Waals surface area contributed by atoms with Crippen LogP contribution in [0.5, 0.6) is 0 Å². The molecule has 0 aromatic carbocycles. The average Bonchev–Trinajstić information content (AvgIpc) is 2.16. The summed E-state index contributed by atoms with van der Waals surface area (Å²) < 4.78 is 4.92. The minimum absolute atomic E-state index is 0.0929. The Morgan fingerprint density at radius 3 is 3.00 bits per heavy atom. The molecule has 5 heteroatoms. The van der Waals surface area contributed by atoms with Crippen LogP contribution in [0.15, 0.2) is 12.1 Å². The van der Waals surface area contributed by atoms with Crippen LogP contribution in [0.2, 0.25) is 0 Å². The summed E-state index contributed by atoms with van der Waals surface area (Å²) in [6, 6.07) is 5.07. The Labute approximate surface area is 86.1 Å². The zero-order valence-corrected chi connectivity index (χ0v) is 8.35. The molecule has 1 heterocycles. The summed E-state index contributed by atoms with van der Waals surface area (Å²) in [6.07, 6.45) is 0.0929. The lowest BCUT2D eigenvalue weighted by molar-refractivity contribution is -0.139. The van der Waals surface area contributed by atoms with Crippen LogP contribution in [0.4, 0.5) is 0 Å². The van der Waals surface area contributed by atoms with E-state index in [1.807, 2.05) is 6.07 Å². The number of aromatic amines is 1. The molecule has 0 radical (unpaired) electrons. The van der Waals surface area contributed by atoms with Crippen LogP contribution in [0.1, 0.15) is 11.3 Å². The van der Waals surface area contributed by atoms with Crippen LogP contribution in [0, 0.1) is 16.0 Å². The second-order valence-corrected chi connectivity index (χ2v) is 3.06. The molecule has 0 amide bonds. The van der Waals surface area contributed by atoms with E-state index in [1.54, 1.807) is 6.07 Å². The van der Waals surface area contributed by atoms with Crippen molar-refractivity contribution in [3.63, 3.8) is 0 Å². The van der Waals surface area contributed by atoms with Crippen LogP contribution in [0.3, 0.4) is 0 Å². The quantitative estimate of drug-likeness (QED) is 0.588. The van der Waals surface area contributed by atoms with Crippen LogP contribution >= 0.6 is 12.2 Å². The van der Waals surface area contributed by atoms with Gasteiger partial charge in [0, 0.05) is 5.69 Å². The van der Waals surface area contributed by atoms with Gasteiger partial charge in [-0.3, -0.25) is 4.79 Å². The van der Waals surface area contributed by atoms with Gasteiger partial charge in [-0.25, -0.2) is 0 Å². The molecule has 0 aliphatic carbocycles. The molecule has 1 N–H and O–H groups in total. The van der Waals surface area contributed by atoms with Gasteiger partial charge in [-0.15, -0.1) is 0 Å². The van der Waals surface area contributed by atoms with Gasteiger partial charge < -0.3 is 9.72 Å². The predicted octanol–water partition coefficient (Wildman–Crippen LogP) is 1.33. The number of ether oxygens (including phenoxy) is 1. The van der Waals surface area contributed by atoms with Crippen LogP contribution in [0.25, 0.3) is 0 Å². The normalized spacial score (nSPS) is 9.14. The molecule has 0 aliphatic heterocycles. The van der Waals surface area contributed by atoms with Gasteiger partial charge in [0.05, 0.1) is 25.2 Å². The molecule has 0 bridgehead atoms. The Morgan fingerprint density at radius 1 is 1.71 bits per heavy atom. The lowest BCUT2D eigenvalue weighted by Gasteiger charge is -2.00. The number of nitriles is 1. The van der Waals surface area contributed by atoms with Crippen LogP contribution in [-0.4, -0.2) is 18.1 Å². The first-order chi connectivity index (χ1) is 6.65. The molecule has 0 atom stereocenters. The number of hydrogen-bond acceptors (Lipinski definition) is 4. The smallest absolute Gasteiger partial charge is 0.311 e. The third-order valence-corrected chi connectivity index (χ3v) is 1.81. The van der Waals surface area contributed by atoms with E-state index in [9.17, 15) is 4.79 Å². The third-order valence-electron chi connectivity index (χ3n) is 1.59. The van der Waals surface area contributed by atoms with Gasteiger partial charge in [-0.05, 0) is 12.1 Å². The first-order valence-corrected chi connectivity index (χ1v) is 4.26. The van der Waals surface area contributed by atoms with Crippen molar-refractivity contribution < 1.29 is 9.53 Å². The second kappa shape index (κ2) is 4.53. The van der Waals surface area contributed by atoms with E-state index in [2.05, 4.69) is 9.72 Å². The summed E-state index contributed by atoms with van der Waals surface area (Å²) in [4.78, 5) is 13.7. The predicted molar refractivity (Wildman–Crippen MR) is 52.1 cm³/mol. The zero-order chi connectivity index (χ0) is 10.6. The Hall–Kier alpha value is -1.67. The molecular weight excluding hydrogens is 200 g/mol. The Balaban J connectivity index is 2.99. The van der Waals surface area contributed by atoms with Gasteiger partial charge in [0.15, 0.2) is 0 Å². The lowest BCUT2D eigenvalue weighted by atomic mass is 10.2. The Morgan fingerprint density at radius 2 is 2.43 bits per heavy atom. The fourth-order valence-electron chi connectivity index (χ4n) is 0.988. The number of H-pyrrole nitrogens is 1. The van der Waals surface area contributed by atoms with Gasteiger partial charge in [0.1, 0.15) is 4.64 Å². The molecule has 0 aliphatic rings. The summed E-state index contributed by atoms with van der Waals surface area (Å²) in [6.45, 7) is 0. The molecule has 0 spiro atoms. The van der Waals surface area contributed by atoms with Gasteiger partial charge in [0.2, 0.25) is 0 Å². The maximum absolute atomic E-state index is 10.9. The maximum Gasteiger partial charge on any atom is 0.311 e. The number of esters is 1. The number of nitrogens with one attached hydrogen (secondary N) is 1. The molecule has 72 valence electrons. The largest absolute Gasteiger partial charge is 0.469 e. The third kappa shape index (κ3) is 2.68. The van der Waals surface area contributed by atoms with Crippen molar-refractivity contribution in [3.8, 4) is 6.07 Å². The molecule has 0 saturated carbocycles. The van der Waals surface area contributed by atoms with E-state index in [-0.39, 0.29) is 12.4 Å². The first-order valence-electron chi connectivity index (χ1n) is 3.86. The summed E-state index contributed by atoms with van der Waals surface area (Å²) in [5.41, 5.74) is 1.02. The molecule has 1 rings (SSSR count). The molecule has 14 heavy (non-hydrogen) atoms. The summed E-state index contributed by atoms with van der Waals surface area (Å²) in [5, 5.41) is 8.65. The number of aromatic nitrogens is 1. The van der Waals surface area contributed by atoms with Gasteiger partial charge >= 0.3 is 5.97 Å². The van der Waals surface area contributed by atoms with Gasteiger partial charge in [-0.2, -0.15) is 5.26 Å². The van der Waals surface area contributed by atoms with Crippen LogP contribution < -0.4 is 0 Å². The molecule has 0 fully saturated rings. The molecular formula is C9H8N2O2S. The lowest BCUT2D eigenvalue weighted by Crippen LogP contribution is -2.06. The van der Waals surface area contributed by atoms with Crippen molar-refractivity contribution in [2.75, 3.05) is 7.11 Å². The molecule has 4 nitrogen and oxygen atoms in total. The molecule has 0 saturated heterocycles. The minimum atomic E-state index is -0.370. The van der Waals surface area contributed by atoms with Crippen molar-refractivity contribution in [1.29, 1.82) is 5.26 Å². The number of rotatable bonds is 2. The maximum atomic E-state index is 10.9. The van der Waals surface area contributed by atoms with E-state index < -0.39 is 0 Å². The number of nitrogens with zero attached hydrogens (tertiary/aromatic N) is 1. The van der Waals surface area contributed by atoms with Gasteiger partial charge in [-0.1, -0.05) is 12.2 Å². The van der Waals surface area contributed by atoms with E-state index in [4.69, 9.17) is 17.5 Å². The number of hydrogen-bond donors (Lipinski definition) is 1. The standard InChI is InChI=1S/C9H8N2O2S/c1-13-9(12)4-7-2-6(5-10)3-8(14)11-7/h2-3H,4H2,1H3,(H,11,14). The highest BCUT2D eigenvalue weighted by Gasteiger charge is 2.04. The Kier molecular flexibility index (Phi) is 3.37. The number of carbonyl (C=O) groups is 1. The topological polar surface area (TPSA) is 65.9 Å². The van der Waals surface area contributed by atoms with E-state index in [0.29, 0.717) is 15.9 Å². The number of carbonyl (C=O) groups excluding carboxylic acids is 1. The second-order valence-electron chi connectivity index (χ2n) is 2.62. The highest BCUT2D eigenvalue weighted by Crippen LogP contribution is 2.03. The average molecular weight is 208 g/mol. The highest BCUT2D eigenvalue weighted by atomic mass is 32.1. The van der Waals surface area contributed by atoms with E-state index in [0.717, 1.165) is 0 Å². The number of pyridine rings is 1. The SMILES string of the molecule is COC(=O)Cc1cc(C#N)cc(=S)[nH]1. The zero-order valence-electron chi connectivity index (χ0n) is 7.53. The van der Waals surface area contributed by atoms with E-state index in [1.165, 1.54) is 13.2 Å².